The molecule has 40 heavy (non-hydrogen) atoms. The minimum Gasteiger partial charge on any atom is -0.0974 e. The summed E-state index contributed by atoms with van der Waals surface area (Å²) in [4.78, 5) is 0. The van der Waals surface area contributed by atoms with Crippen LogP contribution in [0, 0.1) is 0 Å². The SMILES string of the molecule is c1ccc(CP(CCc2ccccc2CCP(Cc2ccccc2)Cc2ccccc2)Cc2ccccc2)cc1. The van der Waals surface area contributed by atoms with Gasteiger partial charge in [-0.3, -0.25) is 0 Å². The molecular weight excluding hydrogens is 518 g/mol. The molecule has 2 heteroatoms. The monoisotopic (exact) mass is 558 g/mol. The van der Waals surface area contributed by atoms with Gasteiger partial charge in [-0.25, -0.2) is 0 Å². The summed E-state index contributed by atoms with van der Waals surface area (Å²) < 4.78 is 0. The van der Waals surface area contributed by atoms with Crippen LogP contribution in [0.4, 0.5) is 0 Å². The van der Waals surface area contributed by atoms with Gasteiger partial charge in [-0.15, -0.1) is 0 Å². The summed E-state index contributed by atoms with van der Waals surface area (Å²) in [5.74, 6) is 0. The zero-order chi connectivity index (χ0) is 27.2. The first-order valence-corrected chi connectivity index (χ1v) is 18.3. The van der Waals surface area contributed by atoms with Crippen molar-refractivity contribution in [2.75, 3.05) is 12.3 Å². The van der Waals surface area contributed by atoms with E-state index in [1.54, 1.807) is 11.1 Å². The first-order valence-electron chi connectivity index (χ1n) is 14.5. The molecule has 202 valence electrons. The number of hydrogen-bond acceptors (Lipinski definition) is 0. The fourth-order valence-corrected chi connectivity index (χ4v) is 10.3. The van der Waals surface area contributed by atoms with Gasteiger partial charge in [0.25, 0.3) is 0 Å². The van der Waals surface area contributed by atoms with Gasteiger partial charge in [0.05, 0.1) is 0 Å². The highest BCUT2D eigenvalue weighted by atomic mass is 31.1. The molecular formula is C38H40P2. The van der Waals surface area contributed by atoms with Crippen molar-refractivity contribution in [1.29, 1.82) is 0 Å². The van der Waals surface area contributed by atoms with Crippen molar-refractivity contribution in [2.45, 2.75) is 37.5 Å². The molecule has 0 N–H and O–H groups in total. The Morgan fingerprint density at radius 1 is 0.300 bits per heavy atom. The maximum atomic E-state index is 2.39. The molecule has 0 radical (unpaired) electrons. The van der Waals surface area contributed by atoms with Gasteiger partial charge in [0.2, 0.25) is 0 Å². The second-order valence-electron chi connectivity index (χ2n) is 10.6. The third-order valence-corrected chi connectivity index (χ3v) is 12.5. The Kier molecular flexibility index (Phi) is 11.2. The molecule has 0 aliphatic rings. The lowest BCUT2D eigenvalue weighted by Gasteiger charge is -2.21. The van der Waals surface area contributed by atoms with E-state index in [4.69, 9.17) is 0 Å². The standard InChI is InChI=1S/C38H40P2/c1-5-15-33(16-6-1)29-39(30-34-17-7-2-8-18-34)27-25-37-23-13-14-24-38(37)26-28-40(31-35-19-9-3-10-20-35)32-36-21-11-4-12-22-36/h1-24H,25-32H2. The largest absolute Gasteiger partial charge is 0.0974 e. The fraction of sp³-hybridized carbons (Fsp3) is 0.211. The summed E-state index contributed by atoms with van der Waals surface area (Å²) in [6.07, 6.45) is 9.71. The Morgan fingerprint density at radius 2 is 0.550 bits per heavy atom. The summed E-state index contributed by atoms with van der Waals surface area (Å²) in [5.41, 5.74) is 9.03. The van der Waals surface area contributed by atoms with E-state index in [0.717, 1.165) is 0 Å². The van der Waals surface area contributed by atoms with Crippen LogP contribution in [0.3, 0.4) is 0 Å². The lowest BCUT2D eigenvalue weighted by Crippen LogP contribution is -2.03. The molecule has 0 fully saturated rings. The molecule has 0 unspecified atom stereocenters. The minimum atomic E-state index is -0.134. The molecule has 5 aromatic rings. The van der Waals surface area contributed by atoms with Gasteiger partial charge >= 0.3 is 0 Å². The number of aryl methyl sites for hydroxylation is 2. The van der Waals surface area contributed by atoms with Gasteiger partial charge in [0, 0.05) is 0 Å². The molecule has 0 saturated heterocycles. The second kappa shape index (κ2) is 15.7. The molecule has 0 atom stereocenters. The zero-order valence-electron chi connectivity index (χ0n) is 23.4. The molecule has 0 heterocycles. The molecule has 0 bridgehead atoms. The van der Waals surface area contributed by atoms with Crippen LogP contribution < -0.4 is 0 Å². The first-order chi connectivity index (χ1) is 19.8. The van der Waals surface area contributed by atoms with Crippen LogP contribution in [0.15, 0.2) is 146 Å². The molecule has 0 spiro atoms. The molecule has 5 rings (SSSR count). The highest BCUT2D eigenvalue weighted by Gasteiger charge is 2.14. The van der Waals surface area contributed by atoms with Crippen LogP contribution in [0.2, 0.25) is 0 Å². The van der Waals surface area contributed by atoms with Crippen molar-refractivity contribution in [3.05, 3.63) is 179 Å². The number of hydrogen-bond donors (Lipinski definition) is 0. The van der Waals surface area contributed by atoms with E-state index in [9.17, 15) is 0 Å². The van der Waals surface area contributed by atoms with Gasteiger partial charge in [-0.05, 0) is 83.2 Å². The normalized spacial score (nSPS) is 11.2. The molecule has 5 aromatic carbocycles. The average Bonchev–Trinajstić information content (AvgIpc) is 3.01. The molecule has 0 aliphatic heterocycles. The quantitative estimate of drug-likeness (QED) is 0.119. The Hall–Kier alpha value is -3.04. The van der Waals surface area contributed by atoms with Gasteiger partial charge < -0.3 is 0 Å². The second-order valence-corrected chi connectivity index (χ2v) is 15.5. The lowest BCUT2D eigenvalue weighted by molar-refractivity contribution is 1.03. The Bertz CT molecular complexity index is 1190. The average molecular weight is 559 g/mol. The predicted octanol–water partition coefficient (Wildman–Crippen LogP) is 10.5. The first kappa shape index (κ1) is 28.5. The molecule has 0 nitrogen and oxygen atoms in total. The van der Waals surface area contributed by atoms with Gasteiger partial charge in [-0.2, -0.15) is 0 Å². The topological polar surface area (TPSA) is 0 Å². The van der Waals surface area contributed by atoms with Crippen molar-refractivity contribution >= 4 is 15.8 Å². The highest BCUT2D eigenvalue weighted by Crippen LogP contribution is 2.45. The number of rotatable bonds is 14. The lowest BCUT2D eigenvalue weighted by atomic mass is 10.0. The van der Waals surface area contributed by atoms with Gasteiger partial charge in [0.1, 0.15) is 0 Å². The maximum Gasteiger partial charge on any atom is -0.00700 e. The third-order valence-electron chi connectivity index (χ3n) is 7.51. The zero-order valence-corrected chi connectivity index (χ0v) is 25.2. The Morgan fingerprint density at radius 3 is 0.825 bits per heavy atom. The van der Waals surface area contributed by atoms with Crippen LogP contribution in [-0.2, 0) is 37.5 Å². The summed E-state index contributed by atoms with van der Waals surface area (Å²) in [6, 6.07) is 53.7. The Labute approximate surface area is 244 Å². The van der Waals surface area contributed by atoms with E-state index in [-0.39, 0.29) is 15.8 Å². The van der Waals surface area contributed by atoms with Gasteiger partial charge in [0.15, 0.2) is 0 Å². The molecule has 0 saturated carbocycles. The van der Waals surface area contributed by atoms with Crippen LogP contribution >= 0.6 is 15.8 Å². The number of benzene rings is 5. The van der Waals surface area contributed by atoms with Gasteiger partial charge in [-0.1, -0.05) is 161 Å². The van der Waals surface area contributed by atoms with E-state index < -0.39 is 0 Å². The smallest absolute Gasteiger partial charge is 0.00700 e. The van der Waals surface area contributed by atoms with Crippen LogP contribution in [0.1, 0.15) is 33.4 Å². The van der Waals surface area contributed by atoms with Crippen molar-refractivity contribution in [3.63, 3.8) is 0 Å². The third kappa shape index (κ3) is 9.27. The van der Waals surface area contributed by atoms with Crippen molar-refractivity contribution in [3.8, 4) is 0 Å². The molecule has 0 aromatic heterocycles. The van der Waals surface area contributed by atoms with E-state index in [1.165, 1.54) is 72.1 Å². The van der Waals surface area contributed by atoms with Crippen LogP contribution in [-0.4, -0.2) is 12.3 Å². The van der Waals surface area contributed by atoms with Crippen molar-refractivity contribution in [1.82, 2.24) is 0 Å². The van der Waals surface area contributed by atoms with E-state index in [1.807, 2.05) is 0 Å². The van der Waals surface area contributed by atoms with Crippen molar-refractivity contribution in [2.24, 2.45) is 0 Å². The van der Waals surface area contributed by atoms with Crippen molar-refractivity contribution < 1.29 is 0 Å². The summed E-state index contributed by atoms with van der Waals surface area (Å²) in [6.45, 7) is 0. The molecule has 0 aliphatic carbocycles. The van der Waals surface area contributed by atoms with E-state index in [2.05, 4.69) is 146 Å². The maximum absolute atomic E-state index is 2.39. The minimum absolute atomic E-state index is 0.134. The summed E-state index contributed by atoms with van der Waals surface area (Å²) in [5, 5.41) is 0. The van der Waals surface area contributed by atoms with Crippen LogP contribution in [0.25, 0.3) is 0 Å². The van der Waals surface area contributed by atoms with E-state index >= 15 is 0 Å². The predicted molar refractivity (Wildman–Crippen MR) is 178 cm³/mol. The summed E-state index contributed by atoms with van der Waals surface area (Å²) in [7, 11) is -0.267. The Balaban J connectivity index is 1.26. The highest BCUT2D eigenvalue weighted by molar-refractivity contribution is 7.56. The fourth-order valence-electron chi connectivity index (χ4n) is 5.40. The molecule has 0 amide bonds. The summed E-state index contributed by atoms with van der Waals surface area (Å²) >= 11 is 0. The van der Waals surface area contributed by atoms with E-state index in [0.29, 0.717) is 0 Å². The van der Waals surface area contributed by atoms with Crippen LogP contribution in [0.5, 0.6) is 0 Å².